The summed E-state index contributed by atoms with van der Waals surface area (Å²) in [5, 5.41) is 13.5. The number of ketones is 2. The van der Waals surface area contributed by atoms with Crippen molar-refractivity contribution in [1.29, 1.82) is 5.26 Å². The van der Waals surface area contributed by atoms with Gasteiger partial charge in [-0.2, -0.15) is 5.26 Å². The summed E-state index contributed by atoms with van der Waals surface area (Å²) in [6, 6.07) is 2.18. The Kier molecular flexibility index (Phi) is 5.74. The summed E-state index contributed by atoms with van der Waals surface area (Å²) in [5.41, 5.74) is 6.99. The quantitative estimate of drug-likeness (QED) is 0.208. The van der Waals surface area contributed by atoms with Crippen LogP contribution >= 0.6 is 0 Å². The fourth-order valence-electron chi connectivity index (χ4n) is 10.8. The second-order valence-electron chi connectivity index (χ2n) is 15.3. The molecule has 5 rings (SSSR count). The molecule has 0 aliphatic heterocycles. The van der Waals surface area contributed by atoms with Crippen molar-refractivity contribution in [3.05, 3.63) is 22.1 Å². The minimum Gasteiger partial charge on any atom is -0.299 e. The summed E-state index contributed by atoms with van der Waals surface area (Å²) in [5.74, 6) is -0.600. The smallest absolute Gasteiger partial charge is 0.225 e. The molecule has 7 heteroatoms. The van der Waals surface area contributed by atoms with E-state index in [-0.39, 0.29) is 63.0 Å². The zero-order valence-electron chi connectivity index (χ0n) is 24.1. The summed E-state index contributed by atoms with van der Waals surface area (Å²) >= 11 is 0. The average molecular weight is 519 g/mol. The number of Topliss-reactive ketones (excluding diaryl/α,β-unsaturated/α-hetero) is 2. The van der Waals surface area contributed by atoms with E-state index in [9.17, 15) is 19.6 Å². The first-order valence-corrected chi connectivity index (χ1v) is 14.3. The number of carbonyl (C=O) groups is 3. The monoisotopic (exact) mass is 518 g/mol. The van der Waals surface area contributed by atoms with Crippen molar-refractivity contribution in [3.63, 3.8) is 0 Å². The maximum absolute atomic E-state index is 14.4. The number of rotatable bonds is 1. The van der Waals surface area contributed by atoms with Crippen LogP contribution in [0.4, 0.5) is 0 Å². The Morgan fingerprint density at radius 3 is 2.29 bits per heavy atom. The third-order valence-corrected chi connectivity index (χ3v) is 13.0. The topological polar surface area (TPSA) is 124 Å². The Balaban J connectivity index is 1.65. The van der Waals surface area contributed by atoms with Gasteiger partial charge in [-0.05, 0) is 95.0 Å². The predicted molar refractivity (Wildman–Crippen MR) is 143 cm³/mol. The van der Waals surface area contributed by atoms with Crippen LogP contribution in [0.5, 0.6) is 0 Å². The van der Waals surface area contributed by atoms with Crippen molar-refractivity contribution in [1.82, 2.24) is 0 Å². The fourth-order valence-corrected chi connectivity index (χ4v) is 10.8. The van der Waals surface area contributed by atoms with Crippen LogP contribution in [-0.2, 0) is 14.4 Å². The molecule has 0 N–H and O–H groups in total. The van der Waals surface area contributed by atoms with Gasteiger partial charge in [0, 0.05) is 28.1 Å². The number of carbonyl (C=O) groups excluding carboxylic acids is 3. The molecule has 0 spiro atoms. The highest BCUT2D eigenvalue weighted by molar-refractivity contribution is 6.04. The maximum atomic E-state index is 14.4. The van der Waals surface area contributed by atoms with Gasteiger partial charge in [-0.3, -0.25) is 14.4 Å². The highest BCUT2D eigenvalue weighted by atomic mass is 16.2. The van der Waals surface area contributed by atoms with E-state index in [0.717, 1.165) is 32.1 Å². The van der Waals surface area contributed by atoms with Crippen LogP contribution in [0.3, 0.4) is 0 Å². The molecule has 5 aliphatic rings. The van der Waals surface area contributed by atoms with Crippen LogP contribution in [-0.4, -0.2) is 17.5 Å². The number of fused-ring (bicyclic) bond motifs is 7. The van der Waals surface area contributed by atoms with E-state index in [1.54, 1.807) is 0 Å². The van der Waals surface area contributed by atoms with Gasteiger partial charge in [0.2, 0.25) is 5.91 Å². The van der Waals surface area contributed by atoms with Gasteiger partial charge in [0.1, 0.15) is 11.9 Å². The standard InChI is InChI=1S/C31H42N4O3/c1-26(2)10-12-31(25(38)34-35-33)13-11-30(7)23(19(31)16-26)20(36)14-22-28(5)15-18(17-32)24(37)27(3,4)21(28)8-9-29(22,30)6/h15,19,21-23H,8-14,16H2,1-7H3/t19-,21-,22+,23-,28-,29+,30+,31-/m0/s1. The molecule has 0 heterocycles. The van der Waals surface area contributed by atoms with E-state index in [1.807, 2.05) is 19.9 Å². The molecule has 0 unspecified atom stereocenters. The first-order chi connectivity index (χ1) is 17.5. The fraction of sp³-hybridized carbons (Fsp3) is 0.806. The number of hydrogen-bond donors (Lipinski definition) is 0. The molecule has 5 aliphatic carbocycles. The molecule has 7 nitrogen and oxygen atoms in total. The van der Waals surface area contributed by atoms with Crippen molar-refractivity contribution in [2.24, 2.45) is 61.3 Å². The van der Waals surface area contributed by atoms with Gasteiger partial charge >= 0.3 is 0 Å². The summed E-state index contributed by atoms with van der Waals surface area (Å²) in [7, 11) is 0. The van der Waals surface area contributed by atoms with Crippen molar-refractivity contribution >= 4 is 17.5 Å². The number of nitrogens with zero attached hydrogens (tertiary/aromatic N) is 4. The van der Waals surface area contributed by atoms with Crippen molar-refractivity contribution in [2.75, 3.05) is 0 Å². The number of allylic oxidation sites excluding steroid dienone is 2. The number of azide groups is 1. The number of nitriles is 1. The van der Waals surface area contributed by atoms with Gasteiger partial charge < -0.3 is 0 Å². The first kappa shape index (κ1) is 27.1. The van der Waals surface area contributed by atoms with Crippen LogP contribution < -0.4 is 0 Å². The maximum Gasteiger partial charge on any atom is 0.225 e. The van der Waals surface area contributed by atoms with E-state index >= 15 is 0 Å². The molecule has 0 bridgehead atoms. The molecule has 204 valence electrons. The molecule has 0 aromatic rings. The van der Waals surface area contributed by atoms with E-state index in [0.29, 0.717) is 19.3 Å². The average Bonchev–Trinajstić information content (AvgIpc) is 2.82. The lowest BCUT2D eigenvalue weighted by molar-refractivity contribution is -0.221. The van der Waals surface area contributed by atoms with Gasteiger partial charge in [-0.25, -0.2) is 0 Å². The zero-order valence-corrected chi connectivity index (χ0v) is 24.1. The van der Waals surface area contributed by atoms with Gasteiger partial charge in [-0.15, -0.1) is 0 Å². The van der Waals surface area contributed by atoms with Crippen LogP contribution in [0.1, 0.15) is 99.8 Å². The highest BCUT2D eigenvalue weighted by Gasteiger charge is 2.72. The third kappa shape index (κ3) is 3.19. The Morgan fingerprint density at radius 2 is 1.66 bits per heavy atom. The normalized spacial score (nSPS) is 46.6. The molecule has 0 saturated heterocycles. The summed E-state index contributed by atoms with van der Waals surface area (Å²) in [6.07, 6.45) is 7.77. The summed E-state index contributed by atoms with van der Waals surface area (Å²) in [6.45, 7) is 15.2. The molecular weight excluding hydrogens is 476 g/mol. The molecule has 38 heavy (non-hydrogen) atoms. The predicted octanol–water partition coefficient (Wildman–Crippen LogP) is 7.12. The molecule has 1 amide bonds. The summed E-state index contributed by atoms with van der Waals surface area (Å²) in [4.78, 5) is 44.0. The van der Waals surface area contributed by atoms with E-state index in [2.05, 4.69) is 50.7 Å². The molecule has 0 aromatic heterocycles. The van der Waals surface area contributed by atoms with Gasteiger partial charge in [0.25, 0.3) is 0 Å². The van der Waals surface area contributed by atoms with Gasteiger partial charge in [0.05, 0.1) is 5.57 Å². The Morgan fingerprint density at radius 1 is 1.00 bits per heavy atom. The van der Waals surface area contributed by atoms with Crippen LogP contribution in [0, 0.1) is 67.5 Å². The first-order valence-electron chi connectivity index (χ1n) is 14.3. The van der Waals surface area contributed by atoms with Crippen LogP contribution in [0.15, 0.2) is 16.8 Å². The Hall–Kier alpha value is -2.45. The van der Waals surface area contributed by atoms with E-state index in [1.165, 1.54) is 0 Å². The zero-order chi connectivity index (χ0) is 28.1. The lowest BCUT2D eigenvalue weighted by Gasteiger charge is -2.71. The van der Waals surface area contributed by atoms with E-state index < -0.39 is 16.2 Å². The molecular formula is C31H42N4O3. The van der Waals surface area contributed by atoms with E-state index in [4.69, 9.17) is 5.53 Å². The largest absolute Gasteiger partial charge is 0.299 e. The molecule has 0 radical (unpaired) electrons. The molecule has 4 saturated carbocycles. The van der Waals surface area contributed by atoms with Gasteiger partial charge in [-0.1, -0.05) is 54.5 Å². The summed E-state index contributed by atoms with van der Waals surface area (Å²) < 4.78 is 0. The lowest BCUT2D eigenvalue weighted by Crippen LogP contribution is -2.69. The Bertz CT molecular complexity index is 1250. The van der Waals surface area contributed by atoms with Crippen LogP contribution in [0.25, 0.3) is 10.4 Å². The second-order valence-corrected chi connectivity index (χ2v) is 15.3. The van der Waals surface area contributed by atoms with Crippen molar-refractivity contribution in [2.45, 2.75) is 99.8 Å². The third-order valence-electron chi connectivity index (χ3n) is 13.0. The molecule has 8 atom stereocenters. The molecule has 0 aromatic carbocycles. The van der Waals surface area contributed by atoms with Crippen molar-refractivity contribution < 1.29 is 14.4 Å². The van der Waals surface area contributed by atoms with Crippen molar-refractivity contribution in [3.8, 4) is 6.07 Å². The number of amides is 1. The number of hydrogen-bond acceptors (Lipinski definition) is 4. The second kappa shape index (κ2) is 8.04. The Labute approximate surface area is 226 Å². The minimum absolute atomic E-state index is 0.00289. The van der Waals surface area contributed by atoms with Gasteiger partial charge in [0.15, 0.2) is 5.78 Å². The lowest BCUT2D eigenvalue weighted by atomic mass is 9.31. The SMILES string of the molecule is CC1(C)CC[C@]2(C(=O)N=[N+]=[N-])CC[C@]3(C)[C@H](C(=O)C[C@@H]4[C@@]5(C)C=C(C#N)C(=O)C(C)(C)[C@@H]5CC[C@]43C)[C@@H]2C1. The molecule has 4 fully saturated rings. The highest BCUT2D eigenvalue weighted by Crippen LogP contribution is 2.75. The van der Waals surface area contributed by atoms with Crippen LogP contribution in [0.2, 0.25) is 0 Å². The minimum atomic E-state index is -0.765.